The van der Waals surface area contributed by atoms with Crippen molar-refractivity contribution in [1.82, 2.24) is 5.06 Å². The minimum atomic E-state index is -2.37. The third-order valence-corrected chi connectivity index (χ3v) is 9.46. The molecule has 0 aromatic heterocycles. The summed E-state index contributed by atoms with van der Waals surface area (Å²) in [7, 11) is 1.18. The van der Waals surface area contributed by atoms with Gasteiger partial charge in [-0.3, -0.25) is 28.8 Å². The van der Waals surface area contributed by atoms with Crippen molar-refractivity contribution < 1.29 is 72.4 Å². The first-order valence-electron chi connectivity index (χ1n) is 17.6. The van der Waals surface area contributed by atoms with Gasteiger partial charge in [0.1, 0.15) is 23.4 Å². The van der Waals surface area contributed by atoms with Gasteiger partial charge in [-0.2, -0.15) is 0 Å². The molecule has 0 aliphatic carbocycles. The van der Waals surface area contributed by atoms with Crippen molar-refractivity contribution in [3.05, 3.63) is 59.3 Å². The van der Waals surface area contributed by atoms with Crippen molar-refractivity contribution in [2.45, 2.75) is 74.0 Å². The Morgan fingerprint density at radius 3 is 1.66 bits per heavy atom. The van der Waals surface area contributed by atoms with Crippen LogP contribution in [0.25, 0.3) is 22.3 Å². The van der Waals surface area contributed by atoms with E-state index in [0.29, 0.717) is 6.42 Å². The van der Waals surface area contributed by atoms with E-state index in [0.717, 1.165) is 27.7 Å². The van der Waals surface area contributed by atoms with Gasteiger partial charge in [0.2, 0.25) is 5.75 Å². The fraction of sp³-hybridized carbons (Fsp3) is 0.359. The molecule has 2 aliphatic rings. The van der Waals surface area contributed by atoms with Crippen LogP contribution in [0.3, 0.4) is 0 Å². The minimum absolute atomic E-state index is 0.00192. The van der Waals surface area contributed by atoms with Gasteiger partial charge >= 0.3 is 41.4 Å². The van der Waals surface area contributed by atoms with Crippen LogP contribution in [0.1, 0.15) is 68.2 Å². The summed E-state index contributed by atoms with van der Waals surface area (Å²) in [6.45, 7) is 11.0. The summed E-state index contributed by atoms with van der Waals surface area (Å²) >= 11 is 0. The van der Waals surface area contributed by atoms with Crippen LogP contribution in [0.15, 0.2) is 54.0 Å². The Morgan fingerprint density at radius 2 is 1.23 bits per heavy atom. The van der Waals surface area contributed by atoms with E-state index >= 15 is 0 Å². The number of rotatable bonds is 11. The molecule has 0 saturated carbocycles. The van der Waals surface area contributed by atoms with E-state index in [1.165, 1.54) is 49.6 Å². The van der Waals surface area contributed by atoms with E-state index in [4.69, 9.17) is 33.4 Å². The van der Waals surface area contributed by atoms with Gasteiger partial charge < -0.3 is 44.2 Å². The van der Waals surface area contributed by atoms with E-state index < -0.39 is 81.0 Å². The molecular weight excluding hydrogens is 736 g/mol. The number of allylic oxidation sites excluding steroid dienone is 1. The molecule has 3 aromatic rings. The highest BCUT2D eigenvalue weighted by Gasteiger charge is 2.76. The molecule has 2 heterocycles. The van der Waals surface area contributed by atoms with Crippen molar-refractivity contribution in [2.24, 2.45) is 11.8 Å². The quantitative estimate of drug-likeness (QED) is 0.123. The highest BCUT2D eigenvalue weighted by molar-refractivity contribution is 5.98. The van der Waals surface area contributed by atoms with Crippen LogP contribution in [0.4, 0.5) is 0 Å². The lowest BCUT2D eigenvalue weighted by atomic mass is 9.89. The lowest BCUT2D eigenvalue weighted by Crippen LogP contribution is -2.79. The molecule has 17 heteroatoms. The number of carbonyl (C=O) groups excluding carboxylic acids is 5. The van der Waals surface area contributed by atoms with Gasteiger partial charge in [-0.05, 0) is 54.3 Å². The molecule has 4 atom stereocenters. The highest BCUT2D eigenvalue weighted by atomic mass is 17.0. The molecule has 0 spiro atoms. The molecule has 2 N–H and O–H groups in total. The number of aliphatic hydroxyl groups excluding tert-OH is 1. The first kappa shape index (κ1) is 41.0. The van der Waals surface area contributed by atoms with E-state index in [2.05, 4.69) is 0 Å². The lowest BCUT2D eigenvalue weighted by molar-refractivity contribution is -1.25. The number of quaternary nitrogens is 1. The fourth-order valence-electron chi connectivity index (χ4n) is 6.65. The number of aliphatic hydroxyl groups is 1. The normalized spacial score (nSPS) is 19.8. The first-order valence-corrected chi connectivity index (χ1v) is 17.6. The van der Waals surface area contributed by atoms with Gasteiger partial charge in [0.15, 0.2) is 28.7 Å². The Kier molecular flexibility index (Phi) is 11.4. The second-order valence-electron chi connectivity index (χ2n) is 13.2. The molecule has 1 unspecified atom stereocenters. The molecule has 17 nitrogen and oxygen atoms in total. The zero-order valence-corrected chi connectivity index (χ0v) is 32.2. The third-order valence-electron chi connectivity index (χ3n) is 9.46. The minimum Gasteiger partial charge on any atom is -0.751 e. The number of hydrogen-bond donors (Lipinski definition) is 2. The van der Waals surface area contributed by atoms with Crippen molar-refractivity contribution in [2.75, 3.05) is 7.11 Å². The molecular formula is C39H42N2O15. The molecule has 0 radical (unpaired) electrons. The SMILES string of the molecule is CC[C@H](C)C1=C(O)[N+]2(OC)Oc3ccc(-c4c(OC(C)=O)c(OC(C)=O)c(-c5ccc(O)cc5)c(OC(C)=O)c4OC(C)=O)cc3O[C@]2([C@@H](C)CC)C(=O)N1[O-]. The smallest absolute Gasteiger partial charge is 0.403 e. The Bertz CT molecular complexity index is 2090. The summed E-state index contributed by atoms with van der Waals surface area (Å²) in [5.74, 6) is -9.21. The Morgan fingerprint density at radius 1 is 0.768 bits per heavy atom. The average Bonchev–Trinajstić information content (AvgIpc) is 3.14. The number of amides is 1. The van der Waals surface area contributed by atoms with Crippen molar-refractivity contribution >= 4 is 29.8 Å². The molecule has 1 amide bonds. The van der Waals surface area contributed by atoms with E-state index in [-0.39, 0.29) is 56.7 Å². The summed E-state index contributed by atoms with van der Waals surface area (Å²) in [6, 6.07) is 9.36. The van der Waals surface area contributed by atoms with Crippen molar-refractivity contribution in [3.8, 4) is 62.5 Å². The van der Waals surface area contributed by atoms with Gasteiger partial charge in [-0.15, -0.1) is 4.84 Å². The molecule has 3 aromatic carbocycles. The number of nitrogens with zero attached hydrogens (tertiary/aromatic N) is 2. The third kappa shape index (κ3) is 6.73. The number of hydroxylamine groups is 6. The predicted octanol–water partition coefficient (Wildman–Crippen LogP) is 6.35. The average molecular weight is 779 g/mol. The molecule has 2 aliphatic heterocycles. The maximum Gasteiger partial charge on any atom is 0.403 e. The molecule has 0 fully saturated rings. The van der Waals surface area contributed by atoms with E-state index in [1.54, 1.807) is 27.7 Å². The number of carbonyl (C=O) groups is 5. The van der Waals surface area contributed by atoms with Crippen LogP contribution < -0.4 is 28.5 Å². The van der Waals surface area contributed by atoms with Crippen LogP contribution in [-0.2, 0) is 28.8 Å². The number of aromatic hydroxyl groups is 1. The monoisotopic (exact) mass is 778 g/mol. The van der Waals surface area contributed by atoms with E-state index in [1.807, 2.05) is 0 Å². The largest absolute Gasteiger partial charge is 0.751 e. The van der Waals surface area contributed by atoms with Crippen LogP contribution >= 0.6 is 0 Å². The maximum atomic E-state index is 14.4. The van der Waals surface area contributed by atoms with E-state index in [9.17, 15) is 39.4 Å². The summed E-state index contributed by atoms with van der Waals surface area (Å²) in [5, 5.41) is 35.7. The number of hydrogen-bond acceptors (Lipinski definition) is 15. The molecule has 0 bridgehead atoms. The summed E-state index contributed by atoms with van der Waals surface area (Å²) in [5.41, 5.74) is -2.93. The second kappa shape index (κ2) is 15.5. The van der Waals surface area contributed by atoms with Crippen molar-refractivity contribution in [1.29, 1.82) is 0 Å². The predicted molar refractivity (Wildman–Crippen MR) is 194 cm³/mol. The maximum absolute atomic E-state index is 14.4. The Hall–Kier alpha value is -6.17. The fourth-order valence-corrected chi connectivity index (χ4v) is 6.65. The molecule has 298 valence electrons. The number of ether oxygens (including phenoxy) is 5. The van der Waals surface area contributed by atoms with Gasteiger partial charge in [0, 0.05) is 33.6 Å². The number of esters is 4. The van der Waals surface area contributed by atoms with Crippen LogP contribution in [0, 0.1) is 17.0 Å². The Balaban J connectivity index is 1.92. The van der Waals surface area contributed by atoms with Crippen LogP contribution in [0.5, 0.6) is 40.2 Å². The molecule has 5 rings (SSSR count). The second-order valence-corrected chi connectivity index (χ2v) is 13.2. The molecule has 0 saturated heterocycles. The lowest BCUT2D eigenvalue weighted by Gasteiger charge is -2.54. The van der Waals surface area contributed by atoms with Gasteiger partial charge in [-0.1, -0.05) is 39.8 Å². The summed E-state index contributed by atoms with van der Waals surface area (Å²) in [4.78, 5) is 76.0. The topological polar surface area (TPSA) is 217 Å². The van der Waals surface area contributed by atoms with Crippen LogP contribution in [-0.4, -0.2) is 62.7 Å². The van der Waals surface area contributed by atoms with Crippen LogP contribution in [0.2, 0.25) is 0 Å². The number of phenols is 1. The number of benzene rings is 3. The zero-order chi connectivity index (χ0) is 41.4. The zero-order valence-electron chi connectivity index (χ0n) is 32.2. The summed E-state index contributed by atoms with van der Waals surface area (Å²) in [6.07, 6.45) is 0.592. The number of fused-ring (bicyclic) bond motifs is 2. The number of phenolic OH excluding ortho intramolecular Hbond substituents is 1. The van der Waals surface area contributed by atoms with Gasteiger partial charge in [-0.25, -0.2) is 0 Å². The summed E-state index contributed by atoms with van der Waals surface area (Å²) < 4.78 is 29.2. The van der Waals surface area contributed by atoms with Crippen molar-refractivity contribution in [3.63, 3.8) is 0 Å². The molecule has 56 heavy (non-hydrogen) atoms. The first-order chi connectivity index (χ1) is 26.4. The highest BCUT2D eigenvalue weighted by Crippen LogP contribution is 2.59. The Labute approximate surface area is 321 Å². The standard InChI is InChI=1S/C39H42N2O15/c1-10-19(3)32-37(47)41(50-9)39(20(4)11-2,38(48)40(32)49)55-29-18-26(14-17-28(29)56-41)31-35(53-23(7)44)33(51-21(5)42)30(25-12-15-27(46)16-13-25)34(52-22(6)43)36(31)54-24(8)45/h12-20,46-47H,10-11H2,1-9H3/t19-,20-,39+,41?/m0/s1. The van der Waals surface area contributed by atoms with Gasteiger partial charge in [0.25, 0.3) is 0 Å². The van der Waals surface area contributed by atoms with Gasteiger partial charge in [0.05, 0.1) is 17.0 Å².